The molecule has 0 aromatic heterocycles. The number of likely N-dealkylation sites (N-methyl/N-ethyl adjacent to an activating group) is 1. The number of hydrogen-bond donors (Lipinski definition) is 1. The van der Waals surface area contributed by atoms with Crippen LogP contribution in [-0.2, 0) is 4.79 Å². The lowest BCUT2D eigenvalue weighted by atomic mass is 10.0. The molecule has 2 rings (SSSR count). The topological polar surface area (TPSA) is 32.3 Å². The molecular weight excluding hydrogens is 224 g/mol. The monoisotopic (exact) mass is 246 g/mol. The van der Waals surface area contributed by atoms with Crippen molar-refractivity contribution in [2.75, 3.05) is 18.5 Å². The molecule has 98 valence electrons. The van der Waals surface area contributed by atoms with E-state index in [9.17, 15) is 4.79 Å². The van der Waals surface area contributed by atoms with Gasteiger partial charge in [0.25, 0.3) is 0 Å². The molecule has 1 unspecified atom stereocenters. The van der Waals surface area contributed by atoms with Crippen molar-refractivity contribution in [3.05, 3.63) is 29.3 Å². The smallest absolute Gasteiger partial charge is 0.243 e. The second-order valence-electron chi connectivity index (χ2n) is 5.14. The van der Waals surface area contributed by atoms with Crippen LogP contribution >= 0.6 is 0 Å². The van der Waals surface area contributed by atoms with Crippen molar-refractivity contribution in [3.8, 4) is 0 Å². The van der Waals surface area contributed by atoms with Crippen LogP contribution in [0.15, 0.2) is 18.2 Å². The Balaban J connectivity index is 2.19. The minimum Gasteiger partial charge on any atom is -0.314 e. The predicted molar refractivity (Wildman–Crippen MR) is 75.0 cm³/mol. The molecule has 0 aliphatic carbocycles. The highest BCUT2D eigenvalue weighted by Crippen LogP contribution is 2.24. The molecule has 1 N–H and O–H groups in total. The summed E-state index contributed by atoms with van der Waals surface area (Å²) < 4.78 is 0. The van der Waals surface area contributed by atoms with E-state index in [-0.39, 0.29) is 11.9 Å². The Morgan fingerprint density at radius 2 is 1.94 bits per heavy atom. The highest BCUT2D eigenvalue weighted by atomic mass is 16.2. The van der Waals surface area contributed by atoms with Crippen LogP contribution in [0.2, 0.25) is 0 Å². The van der Waals surface area contributed by atoms with Crippen molar-refractivity contribution in [3.63, 3.8) is 0 Å². The Hall–Kier alpha value is -1.35. The van der Waals surface area contributed by atoms with E-state index in [1.54, 1.807) is 0 Å². The molecule has 0 bridgehead atoms. The Kier molecular flexibility index (Phi) is 4.02. The van der Waals surface area contributed by atoms with E-state index < -0.39 is 0 Å². The highest BCUT2D eigenvalue weighted by molar-refractivity contribution is 5.98. The number of rotatable bonds is 2. The number of para-hydroxylation sites is 1. The molecule has 1 aliphatic rings. The van der Waals surface area contributed by atoms with E-state index in [2.05, 4.69) is 31.3 Å². The van der Waals surface area contributed by atoms with Crippen LogP contribution < -0.4 is 10.2 Å². The summed E-state index contributed by atoms with van der Waals surface area (Å²) in [6.07, 6.45) is 3.27. The standard InChI is InChI=1S/C15H22N2O/c1-11-7-6-8-12(2)14(11)17(3)15(18)13-9-4-5-10-16-13/h6-8,13,16H,4-5,9-10H2,1-3H3. The summed E-state index contributed by atoms with van der Waals surface area (Å²) in [6.45, 7) is 5.07. The van der Waals surface area contributed by atoms with Crippen molar-refractivity contribution < 1.29 is 4.79 Å². The maximum Gasteiger partial charge on any atom is 0.243 e. The van der Waals surface area contributed by atoms with Gasteiger partial charge >= 0.3 is 0 Å². The van der Waals surface area contributed by atoms with Gasteiger partial charge in [-0.25, -0.2) is 0 Å². The molecule has 3 heteroatoms. The fraction of sp³-hybridized carbons (Fsp3) is 0.533. The maximum absolute atomic E-state index is 12.5. The number of hydrogen-bond acceptors (Lipinski definition) is 2. The number of nitrogens with zero attached hydrogens (tertiary/aromatic N) is 1. The molecular formula is C15H22N2O. The van der Waals surface area contributed by atoms with Crippen molar-refractivity contribution in [1.29, 1.82) is 0 Å². The normalized spacial score (nSPS) is 19.6. The zero-order valence-electron chi connectivity index (χ0n) is 11.5. The van der Waals surface area contributed by atoms with Crippen molar-refractivity contribution in [2.45, 2.75) is 39.2 Å². The summed E-state index contributed by atoms with van der Waals surface area (Å²) in [5, 5.41) is 3.32. The van der Waals surface area contributed by atoms with E-state index >= 15 is 0 Å². The number of carbonyl (C=O) groups is 1. The minimum absolute atomic E-state index is 0.0113. The molecule has 0 radical (unpaired) electrons. The Bertz CT molecular complexity index is 416. The summed E-state index contributed by atoms with van der Waals surface area (Å²) in [5.74, 6) is 0.187. The van der Waals surface area contributed by atoms with E-state index in [0.717, 1.165) is 36.2 Å². The van der Waals surface area contributed by atoms with Crippen LogP contribution in [0.5, 0.6) is 0 Å². The third kappa shape index (κ3) is 2.56. The van der Waals surface area contributed by atoms with Crippen LogP contribution in [0.1, 0.15) is 30.4 Å². The van der Waals surface area contributed by atoms with Gasteiger partial charge in [-0.15, -0.1) is 0 Å². The number of benzene rings is 1. The lowest BCUT2D eigenvalue weighted by molar-refractivity contribution is -0.120. The SMILES string of the molecule is Cc1cccc(C)c1N(C)C(=O)C1CCCCN1. The number of aryl methyl sites for hydroxylation is 2. The summed E-state index contributed by atoms with van der Waals surface area (Å²) in [6, 6.07) is 6.13. The van der Waals surface area contributed by atoms with Crippen LogP contribution in [-0.4, -0.2) is 25.5 Å². The number of piperidine rings is 1. The van der Waals surface area contributed by atoms with Crippen LogP contribution in [0.25, 0.3) is 0 Å². The highest BCUT2D eigenvalue weighted by Gasteiger charge is 2.25. The summed E-state index contributed by atoms with van der Waals surface area (Å²) in [7, 11) is 1.88. The van der Waals surface area contributed by atoms with Gasteiger partial charge in [0.15, 0.2) is 0 Å². The molecule has 1 heterocycles. The third-order valence-electron chi connectivity index (χ3n) is 3.71. The molecule has 0 saturated carbocycles. The fourth-order valence-corrected chi connectivity index (χ4v) is 2.74. The van der Waals surface area contributed by atoms with Crippen LogP contribution in [0, 0.1) is 13.8 Å². The molecule has 0 spiro atoms. The average molecular weight is 246 g/mol. The fourth-order valence-electron chi connectivity index (χ4n) is 2.74. The lowest BCUT2D eigenvalue weighted by Crippen LogP contribution is -2.47. The third-order valence-corrected chi connectivity index (χ3v) is 3.71. The zero-order chi connectivity index (χ0) is 13.1. The van der Waals surface area contributed by atoms with Crippen molar-refractivity contribution in [1.82, 2.24) is 5.32 Å². The number of nitrogens with one attached hydrogen (secondary N) is 1. The van der Waals surface area contributed by atoms with E-state index in [0.29, 0.717) is 0 Å². The molecule has 18 heavy (non-hydrogen) atoms. The largest absolute Gasteiger partial charge is 0.314 e. The van der Waals surface area contributed by atoms with Gasteiger partial charge in [-0.05, 0) is 44.4 Å². The Morgan fingerprint density at radius 3 is 2.50 bits per heavy atom. The van der Waals surface area contributed by atoms with E-state index in [1.807, 2.05) is 18.0 Å². The number of anilines is 1. The molecule has 1 aromatic carbocycles. The van der Waals surface area contributed by atoms with E-state index in [1.165, 1.54) is 6.42 Å². The summed E-state index contributed by atoms with van der Waals surface area (Å²) in [4.78, 5) is 14.3. The minimum atomic E-state index is -0.0113. The lowest BCUT2D eigenvalue weighted by Gasteiger charge is -2.29. The Labute approximate surface area is 109 Å². The van der Waals surface area contributed by atoms with Crippen LogP contribution in [0.3, 0.4) is 0 Å². The first-order valence-electron chi connectivity index (χ1n) is 6.68. The van der Waals surface area contributed by atoms with E-state index in [4.69, 9.17) is 0 Å². The molecule has 1 aliphatic heterocycles. The zero-order valence-corrected chi connectivity index (χ0v) is 11.5. The van der Waals surface area contributed by atoms with Gasteiger partial charge in [-0.2, -0.15) is 0 Å². The second kappa shape index (κ2) is 5.53. The van der Waals surface area contributed by atoms with Gasteiger partial charge in [0.1, 0.15) is 0 Å². The molecule has 1 aromatic rings. The first-order chi connectivity index (χ1) is 8.61. The quantitative estimate of drug-likeness (QED) is 0.869. The number of carbonyl (C=O) groups excluding carboxylic acids is 1. The van der Waals surface area contributed by atoms with Gasteiger partial charge in [0, 0.05) is 12.7 Å². The first-order valence-corrected chi connectivity index (χ1v) is 6.68. The Morgan fingerprint density at radius 1 is 1.28 bits per heavy atom. The predicted octanol–water partition coefficient (Wildman–Crippen LogP) is 2.41. The van der Waals surface area contributed by atoms with Gasteiger partial charge in [0.05, 0.1) is 6.04 Å². The van der Waals surface area contributed by atoms with Gasteiger partial charge < -0.3 is 10.2 Å². The average Bonchev–Trinajstić information content (AvgIpc) is 2.38. The molecule has 3 nitrogen and oxygen atoms in total. The number of amides is 1. The van der Waals surface area contributed by atoms with Crippen molar-refractivity contribution in [2.24, 2.45) is 0 Å². The summed E-state index contributed by atoms with van der Waals surface area (Å²) in [5.41, 5.74) is 3.36. The second-order valence-corrected chi connectivity index (χ2v) is 5.14. The molecule has 1 fully saturated rings. The molecule has 1 atom stereocenters. The summed E-state index contributed by atoms with van der Waals surface area (Å²) >= 11 is 0. The van der Waals surface area contributed by atoms with Gasteiger partial charge in [-0.1, -0.05) is 24.6 Å². The van der Waals surface area contributed by atoms with Crippen molar-refractivity contribution >= 4 is 11.6 Å². The maximum atomic E-state index is 12.5. The first kappa shape index (κ1) is 13.1. The van der Waals surface area contributed by atoms with Gasteiger partial charge in [0.2, 0.25) is 5.91 Å². The van der Waals surface area contributed by atoms with Crippen LogP contribution in [0.4, 0.5) is 5.69 Å². The van der Waals surface area contributed by atoms with Gasteiger partial charge in [-0.3, -0.25) is 4.79 Å². The molecule has 1 saturated heterocycles. The molecule has 1 amide bonds.